The van der Waals surface area contributed by atoms with Gasteiger partial charge in [0.1, 0.15) is 0 Å². The number of nitrogens with zero attached hydrogens (tertiary/aromatic N) is 1. The molecule has 1 heterocycles. The number of aliphatic hydroxyl groups is 1. The van der Waals surface area contributed by atoms with Crippen LogP contribution < -0.4 is 5.32 Å². The largest absolute Gasteiger partial charge is 0.392 e. The van der Waals surface area contributed by atoms with Crippen LogP contribution in [0.3, 0.4) is 0 Å². The van der Waals surface area contributed by atoms with Crippen LogP contribution in [0.2, 0.25) is 0 Å². The number of thioether (sulfide) groups is 1. The zero-order valence-electron chi connectivity index (χ0n) is 18.9. The minimum atomic E-state index is -0.243. The highest BCUT2D eigenvalue weighted by Gasteiger charge is 2.28. The summed E-state index contributed by atoms with van der Waals surface area (Å²) < 4.78 is 0. The number of allylic oxidation sites excluding steroid dienone is 2. The molecule has 2 N–H and O–H groups in total. The van der Waals surface area contributed by atoms with E-state index in [0.717, 1.165) is 25.7 Å². The van der Waals surface area contributed by atoms with Crippen LogP contribution in [0.5, 0.6) is 0 Å². The van der Waals surface area contributed by atoms with Crippen LogP contribution in [0.15, 0.2) is 27.9 Å². The normalized spacial score (nSPS) is 28.9. The second kappa shape index (κ2) is 10.9. The van der Waals surface area contributed by atoms with Crippen LogP contribution in [0.1, 0.15) is 92.9 Å². The van der Waals surface area contributed by atoms with Gasteiger partial charge in [-0.15, -0.1) is 11.8 Å². The number of nitrogens with one attached hydrogen (secondary N) is 1. The lowest BCUT2D eigenvalue weighted by atomic mass is 9.82. The van der Waals surface area contributed by atoms with Gasteiger partial charge in [-0.05, 0) is 104 Å². The molecule has 2 aliphatic rings. The molecule has 0 spiro atoms. The summed E-state index contributed by atoms with van der Waals surface area (Å²) in [4.78, 5) is 4.62. The molecular formula is C24H42N2OS. The molecule has 0 bridgehead atoms. The number of aliphatic imine (C=N–C) groups is 1. The number of hydrogen-bond acceptors (Lipinski definition) is 4. The molecule has 4 heteroatoms. The van der Waals surface area contributed by atoms with Crippen molar-refractivity contribution in [1.82, 2.24) is 5.32 Å². The van der Waals surface area contributed by atoms with Crippen molar-refractivity contribution >= 4 is 18.0 Å². The number of aliphatic hydroxyl groups excluding tert-OH is 1. The summed E-state index contributed by atoms with van der Waals surface area (Å²) in [5.41, 5.74) is 4.55. The second-order valence-electron chi connectivity index (χ2n) is 9.42. The van der Waals surface area contributed by atoms with E-state index in [-0.39, 0.29) is 16.9 Å². The molecule has 0 saturated carbocycles. The van der Waals surface area contributed by atoms with Crippen LogP contribution >= 0.6 is 11.8 Å². The summed E-state index contributed by atoms with van der Waals surface area (Å²) in [5, 5.41) is 15.2. The van der Waals surface area contributed by atoms with Gasteiger partial charge < -0.3 is 10.4 Å². The van der Waals surface area contributed by atoms with Gasteiger partial charge in [-0.3, -0.25) is 4.99 Å². The lowest BCUT2D eigenvalue weighted by molar-refractivity contribution is 0.144. The van der Waals surface area contributed by atoms with Crippen molar-refractivity contribution in [3.8, 4) is 0 Å². The van der Waals surface area contributed by atoms with Crippen LogP contribution in [-0.4, -0.2) is 33.6 Å². The average molecular weight is 407 g/mol. The van der Waals surface area contributed by atoms with E-state index in [1.807, 2.05) is 24.9 Å². The highest BCUT2D eigenvalue weighted by atomic mass is 32.2. The topological polar surface area (TPSA) is 44.6 Å². The molecule has 0 radical (unpaired) electrons. The summed E-state index contributed by atoms with van der Waals surface area (Å²) in [6, 6.07) is 0. The molecule has 0 aromatic rings. The summed E-state index contributed by atoms with van der Waals surface area (Å²) in [5.74, 6) is 0.498. The van der Waals surface area contributed by atoms with Crippen LogP contribution in [-0.2, 0) is 0 Å². The Balaban J connectivity index is 1.99. The van der Waals surface area contributed by atoms with Crippen molar-refractivity contribution in [2.75, 3.05) is 0 Å². The van der Waals surface area contributed by atoms with Crippen molar-refractivity contribution in [3.63, 3.8) is 0 Å². The molecular weight excluding hydrogens is 364 g/mol. The van der Waals surface area contributed by atoms with Gasteiger partial charge >= 0.3 is 0 Å². The maximum Gasteiger partial charge on any atom is 0.0692 e. The monoisotopic (exact) mass is 406 g/mol. The maximum atomic E-state index is 11.1. The van der Waals surface area contributed by atoms with Gasteiger partial charge in [0.15, 0.2) is 0 Å². The third kappa shape index (κ3) is 7.26. The smallest absolute Gasteiger partial charge is 0.0692 e. The van der Waals surface area contributed by atoms with E-state index in [4.69, 9.17) is 0 Å². The predicted molar refractivity (Wildman–Crippen MR) is 125 cm³/mol. The lowest BCUT2D eigenvalue weighted by Crippen LogP contribution is -2.32. The van der Waals surface area contributed by atoms with Crippen LogP contribution in [0, 0.1) is 5.92 Å². The van der Waals surface area contributed by atoms with E-state index in [1.165, 1.54) is 31.3 Å². The highest BCUT2D eigenvalue weighted by molar-refractivity contribution is 8.00. The Morgan fingerprint density at radius 2 is 2.04 bits per heavy atom. The molecule has 2 rings (SSSR count). The zero-order chi connectivity index (χ0) is 20.7. The maximum absolute atomic E-state index is 11.1. The van der Waals surface area contributed by atoms with Crippen LogP contribution in [0.4, 0.5) is 0 Å². The zero-order valence-corrected chi connectivity index (χ0v) is 19.7. The minimum Gasteiger partial charge on any atom is -0.392 e. The van der Waals surface area contributed by atoms with Gasteiger partial charge in [-0.25, -0.2) is 0 Å². The average Bonchev–Trinajstić information content (AvgIpc) is 2.61. The van der Waals surface area contributed by atoms with Crippen molar-refractivity contribution < 1.29 is 5.11 Å². The fourth-order valence-electron chi connectivity index (χ4n) is 4.78. The first-order valence-electron chi connectivity index (χ1n) is 11.2. The Hall–Kier alpha value is -0.740. The molecule has 4 atom stereocenters. The first kappa shape index (κ1) is 23.5. The third-order valence-electron chi connectivity index (χ3n) is 6.20. The van der Waals surface area contributed by atoms with E-state index in [1.54, 1.807) is 11.1 Å². The first-order valence-corrected chi connectivity index (χ1v) is 12.1. The van der Waals surface area contributed by atoms with E-state index in [9.17, 15) is 5.11 Å². The quantitative estimate of drug-likeness (QED) is 0.388. The Labute approximate surface area is 177 Å². The minimum absolute atomic E-state index is 0.0640. The summed E-state index contributed by atoms with van der Waals surface area (Å²) in [7, 11) is 0. The van der Waals surface area contributed by atoms with Crippen molar-refractivity contribution in [2.45, 2.75) is 115 Å². The van der Waals surface area contributed by atoms with Crippen LogP contribution in [0.25, 0.3) is 0 Å². The number of hydrogen-bond donors (Lipinski definition) is 2. The molecule has 1 aliphatic carbocycles. The van der Waals surface area contributed by atoms with E-state index in [0.29, 0.717) is 11.3 Å². The van der Waals surface area contributed by atoms with Crippen molar-refractivity contribution in [2.24, 2.45) is 10.9 Å². The molecule has 0 aromatic heterocycles. The van der Waals surface area contributed by atoms with Crippen molar-refractivity contribution in [1.29, 1.82) is 0 Å². The van der Waals surface area contributed by atoms with Gasteiger partial charge in [0.25, 0.3) is 0 Å². The van der Waals surface area contributed by atoms with E-state index in [2.05, 4.69) is 51.1 Å². The molecule has 1 aliphatic heterocycles. The van der Waals surface area contributed by atoms with E-state index < -0.39 is 0 Å². The predicted octanol–water partition coefficient (Wildman–Crippen LogP) is 6.24. The molecule has 0 saturated heterocycles. The van der Waals surface area contributed by atoms with Gasteiger partial charge in [0.2, 0.25) is 0 Å². The summed E-state index contributed by atoms with van der Waals surface area (Å²) in [6.07, 6.45) is 12.9. The SMILES string of the molecule is CC=NC(C)(C)C/C1=C/NC(C)SC(C(O)CC(C)C2=C(C)CCCC2)CC1. The molecule has 160 valence electrons. The van der Waals surface area contributed by atoms with Crippen molar-refractivity contribution in [3.05, 3.63) is 22.9 Å². The molecule has 0 amide bonds. The Morgan fingerprint density at radius 1 is 1.32 bits per heavy atom. The fourth-order valence-corrected chi connectivity index (χ4v) is 6.00. The van der Waals surface area contributed by atoms with Gasteiger partial charge in [0.05, 0.1) is 17.0 Å². The summed E-state index contributed by atoms with van der Waals surface area (Å²) >= 11 is 1.90. The Morgan fingerprint density at radius 3 is 2.71 bits per heavy atom. The third-order valence-corrected chi connectivity index (χ3v) is 7.65. The Kier molecular flexibility index (Phi) is 9.14. The Bertz CT molecular complexity index is 593. The molecule has 0 aromatic carbocycles. The molecule has 0 fully saturated rings. The van der Waals surface area contributed by atoms with Gasteiger partial charge in [0, 0.05) is 5.25 Å². The first-order chi connectivity index (χ1) is 13.2. The highest BCUT2D eigenvalue weighted by Crippen LogP contribution is 2.36. The molecule has 4 unspecified atom stereocenters. The number of rotatable bonds is 7. The van der Waals surface area contributed by atoms with Gasteiger partial charge in [-0.2, -0.15) is 0 Å². The molecule has 3 nitrogen and oxygen atoms in total. The standard InChI is InChI=1S/C24H42N2OS/c1-7-26-24(5,6)15-20-12-13-23(28-19(4)25-16-20)22(27)14-18(3)21-11-9-8-10-17(21)2/h7,16,18-19,22-23,25,27H,8-15H2,1-6H3/b20-16+,26-7?. The summed E-state index contributed by atoms with van der Waals surface area (Å²) in [6.45, 7) is 13.2. The molecule has 28 heavy (non-hydrogen) atoms. The second-order valence-corrected chi connectivity index (χ2v) is 11.0. The lowest BCUT2D eigenvalue weighted by Gasteiger charge is -2.32. The fraction of sp³-hybridized carbons (Fsp3) is 0.792. The van der Waals surface area contributed by atoms with Gasteiger partial charge in [-0.1, -0.05) is 23.6 Å². The van der Waals surface area contributed by atoms with E-state index >= 15 is 0 Å².